The van der Waals surface area contributed by atoms with E-state index in [0.29, 0.717) is 18.8 Å². The van der Waals surface area contributed by atoms with Crippen molar-refractivity contribution in [1.29, 1.82) is 0 Å². The molecule has 0 aromatic carbocycles. The first-order chi connectivity index (χ1) is 10.4. The SMILES string of the molecule is C=S(=C)(CCCCCCCCC)CC(=O)N[C@H]1CCOC1=O. The first-order valence-corrected chi connectivity index (χ1v) is 10.7. The van der Waals surface area contributed by atoms with Crippen molar-refractivity contribution in [3.05, 3.63) is 0 Å². The van der Waals surface area contributed by atoms with E-state index in [1.807, 2.05) is 0 Å². The zero-order chi connectivity index (χ0) is 16.4. The first kappa shape index (κ1) is 19.1. The fourth-order valence-electron chi connectivity index (χ4n) is 2.58. The van der Waals surface area contributed by atoms with Crippen LogP contribution in [-0.2, 0) is 14.3 Å². The van der Waals surface area contributed by atoms with Crippen LogP contribution in [0.15, 0.2) is 0 Å². The van der Waals surface area contributed by atoms with Gasteiger partial charge in [-0.1, -0.05) is 57.2 Å². The fourth-order valence-corrected chi connectivity index (χ4v) is 4.18. The molecule has 1 aliphatic heterocycles. The van der Waals surface area contributed by atoms with Crippen LogP contribution < -0.4 is 5.32 Å². The summed E-state index contributed by atoms with van der Waals surface area (Å²) < 4.78 is 4.84. The van der Waals surface area contributed by atoms with Gasteiger partial charge < -0.3 is 10.1 Å². The Labute approximate surface area is 135 Å². The van der Waals surface area contributed by atoms with Gasteiger partial charge in [0.25, 0.3) is 0 Å². The summed E-state index contributed by atoms with van der Waals surface area (Å²) in [7, 11) is -1.40. The molecule has 128 valence electrons. The molecule has 1 aliphatic rings. The molecule has 0 aromatic rings. The Kier molecular flexibility index (Phi) is 8.61. The molecule has 1 saturated heterocycles. The van der Waals surface area contributed by atoms with Crippen molar-refractivity contribution < 1.29 is 14.3 Å². The predicted octanol–water partition coefficient (Wildman–Crippen LogP) is 2.84. The Balaban J connectivity index is 2.17. The van der Waals surface area contributed by atoms with Crippen molar-refractivity contribution in [2.24, 2.45) is 0 Å². The van der Waals surface area contributed by atoms with Gasteiger partial charge in [0.1, 0.15) is 6.04 Å². The van der Waals surface area contributed by atoms with E-state index in [2.05, 4.69) is 24.0 Å². The van der Waals surface area contributed by atoms with E-state index in [9.17, 15) is 9.59 Å². The Hall–Kier alpha value is -0.970. The van der Waals surface area contributed by atoms with Gasteiger partial charge in [-0.25, -0.2) is 14.0 Å². The molecule has 0 radical (unpaired) electrons. The van der Waals surface area contributed by atoms with Crippen LogP contribution in [0.3, 0.4) is 0 Å². The molecule has 22 heavy (non-hydrogen) atoms. The van der Waals surface area contributed by atoms with Crippen molar-refractivity contribution >= 4 is 32.8 Å². The van der Waals surface area contributed by atoms with Crippen LogP contribution in [0.2, 0.25) is 0 Å². The molecule has 1 fully saturated rings. The summed E-state index contributed by atoms with van der Waals surface area (Å²) in [6, 6.07) is -0.471. The van der Waals surface area contributed by atoms with E-state index in [4.69, 9.17) is 4.74 Å². The number of unbranched alkanes of at least 4 members (excludes halogenated alkanes) is 6. The number of hydrogen-bond acceptors (Lipinski definition) is 3. The topological polar surface area (TPSA) is 55.4 Å². The first-order valence-electron chi connectivity index (χ1n) is 8.35. The fraction of sp³-hybridized carbons (Fsp3) is 0.765. The molecule has 0 bridgehead atoms. The summed E-state index contributed by atoms with van der Waals surface area (Å²) in [6.45, 7) is 2.62. The minimum Gasteiger partial charge on any atom is -0.464 e. The number of rotatable bonds is 11. The summed E-state index contributed by atoms with van der Waals surface area (Å²) in [4.78, 5) is 23.3. The van der Waals surface area contributed by atoms with Gasteiger partial charge in [-0.05, 0) is 12.2 Å². The summed E-state index contributed by atoms with van der Waals surface area (Å²) in [6.07, 6.45) is 9.33. The third kappa shape index (κ3) is 7.87. The highest BCUT2D eigenvalue weighted by molar-refractivity contribution is 8.28. The van der Waals surface area contributed by atoms with Gasteiger partial charge in [-0.2, -0.15) is 0 Å². The Morgan fingerprint density at radius 1 is 1.23 bits per heavy atom. The number of carbonyl (C=O) groups excluding carboxylic acids is 2. The molecule has 1 atom stereocenters. The summed E-state index contributed by atoms with van der Waals surface area (Å²) in [5, 5.41) is 2.74. The van der Waals surface area contributed by atoms with Crippen molar-refractivity contribution in [2.75, 3.05) is 18.1 Å². The average Bonchev–Trinajstić information content (AvgIpc) is 2.82. The maximum absolute atomic E-state index is 12.0. The number of esters is 1. The number of hydrogen-bond donors (Lipinski definition) is 1. The largest absolute Gasteiger partial charge is 0.464 e. The maximum Gasteiger partial charge on any atom is 0.328 e. The number of nitrogens with one attached hydrogen (secondary N) is 1. The Morgan fingerprint density at radius 2 is 1.86 bits per heavy atom. The lowest BCUT2D eigenvalue weighted by Gasteiger charge is -2.15. The van der Waals surface area contributed by atoms with Crippen LogP contribution in [0.5, 0.6) is 0 Å². The highest BCUT2D eigenvalue weighted by Gasteiger charge is 2.27. The van der Waals surface area contributed by atoms with Crippen LogP contribution in [0, 0.1) is 0 Å². The molecule has 1 N–H and O–H groups in total. The van der Waals surface area contributed by atoms with Crippen molar-refractivity contribution in [2.45, 2.75) is 64.3 Å². The minimum atomic E-state index is -1.40. The lowest BCUT2D eigenvalue weighted by molar-refractivity contribution is -0.141. The molecule has 0 aromatic heterocycles. The molecule has 0 unspecified atom stereocenters. The van der Waals surface area contributed by atoms with E-state index >= 15 is 0 Å². The quantitative estimate of drug-likeness (QED) is 0.360. The lowest BCUT2D eigenvalue weighted by Crippen LogP contribution is -2.39. The average molecular weight is 330 g/mol. The Morgan fingerprint density at radius 3 is 2.45 bits per heavy atom. The lowest BCUT2D eigenvalue weighted by atomic mass is 10.1. The van der Waals surface area contributed by atoms with Gasteiger partial charge in [0.05, 0.1) is 12.4 Å². The van der Waals surface area contributed by atoms with Gasteiger partial charge >= 0.3 is 5.97 Å². The summed E-state index contributed by atoms with van der Waals surface area (Å²) >= 11 is 0. The Bertz CT molecular complexity index is 457. The van der Waals surface area contributed by atoms with Crippen LogP contribution in [0.1, 0.15) is 58.3 Å². The molecular formula is C17H31NO3S. The number of carbonyl (C=O) groups is 2. The maximum atomic E-state index is 12.0. The van der Waals surface area contributed by atoms with E-state index in [-0.39, 0.29) is 11.9 Å². The molecule has 0 saturated carbocycles. The normalized spacial score (nSPS) is 18.2. The summed E-state index contributed by atoms with van der Waals surface area (Å²) in [5.41, 5.74) is 0. The second kappa shape index (κ2) is 9.93. The van der Waals surface area contributed by atoms with Crippen LogP contribution >= 0.6 is 9.21 Å². The third-order valence-corrected chi connectivity index (χ3v) is 5.92. The minimum absolute atomic E-state index is 0.119. The molecular weight excluding hydrogens is 298 g/mol. The van der Waals surface area contributed by atoms with Crippen LogP contribution in [0.25, 0.3) is 0 Å². The van der Waals surface area contributed by atoms with Crippen molar-refractivity contribution in [1.82, 2.24) is 5.32 Å². The molecule has 1 heterocycles. The van der Waals surface area contributed by atoms with Gasteiger partial charge in [0.15, 0.2) is 0 Å². The van der Waals surface area contributed by atoms with E-state index in [1.165, 1.54) is 38.5 Å². The zero-order valence-corrected chi connectivity index (χ0v) is 14.7. The highest BCUT2D eigenvalue weighted by atomic mass is 32.2. The number of amides is 1. The molecule has 1 amide bonds. The van der Waals surface area contributed by atoms with Crippen molar-refractivity contribution in [3.63, 3.8) is 0 Å². The predicted molar refractivity (Wildman–Crippen MR) is 97.1 cm³/mol. The molecule has 1 rings (SSSR count). The third-order valence-electron chi connectivity index (χ3n) is 3.89. The number of ether oxygens (including phenoxy) is 1. The van der Waals surface area contributed by atoms with E-state index in [1.54, 1.807) is 0 Å². The molecule has 0 aliphatic carbocycles. The monoisotopic (exact) mass is 329 g/mol. The van der Waals surface area contributed by atoms with Crippen LogP contribution in [-0.4, -0.2) is 47.8 Å². The second-order valence-corrected chi connectivity index (χ2v) is 9.42. The number of cyclic esters (lactones) is 1. The summed E-state index contributed by atoms with van der Waals surface area (Å²) in [5.74, 6) is 9.11. The highest BCUT2D eigenvalue weighted by Crippen LogP contribution is 2.22. The van der Waals surface area contributed by atoms with Gasteiger partial charge in [0.2, 0.25) is 5.91 Å². The van der Waals surface area contributed by atoms with E-state index < -0.39 is 15.2 Å². The van der Waals surface area contributed by atoms with Crippen LogP contribution in [0.4, 0.5) is 0 Å². The van der Waals surface area contributed by atoms with E-state index in [0.717, 1.165) is 12.2 Å². The van der Waals surface area contributed by atoms with Gasteiger partial charge in [-0.3, -0.25) is 4.79 Å². The standard InChI is InChI=1S/C17H31NO3S/c1-4-5-6-7-8-9-10-13-22(2,3)14-16(19)18-15-11-12-21-17(15)20/h15H,2-14H2,1H3,(H,18,19)/t15-/m0/s1. The van der Waals surface area contributed by atoms with Crippen molar-refractivity contribution in [3.8, 4) is 0 Å². The zero-order valence-electron chi connectivity index (χ0n) is 13.9. The molecule has 0 spiro atoms. The molecule has 4 nitrogen and oxygen atoms in total. The molecule has 5 heteroatoms. The van der Waals surface area contributed by atoms with Gasteiger partial charge in [-0.15, -0.1) is 0 Å². The second-order valence-electron chi connectivity index (χ2n) is 6.27. The van der Waals surface area contributed by atoms with Gasteiger partial charge in [0, 0.05) is 6.42 Å². The smallest absolute Gasteiger partial charge is 0.328 e.